The van der Waals surface area contributed by atoms with Crippen LogP contribution in [0.15, 0.2) is 29.2 Å². The predicted octanol–water partition coefficient (Wildman–Crippen LogP) is 2.54. The molecular formula is C13H14N4O2S2. The van der Waals surface area contributed by atoms with Crippen molar-refractivity contribution >= 4 is 45.7 Å². The van der Waals surface area contributed by atoms with Gasteiger partial charge in [0.1, 0.15) is 5.01 Å². The average Bonchev–Trinajstić information content (AvgIpc) is 2.83. The van der Waals surface area contributed by atoms with E-state index >= 15 is 0 Å². The first-order valence-electron chi connectivity index (χ1n) is 6.13. The lowest BCUT2D eigenvalue weighted by molar-refractivity contribution is -0.114. The number of amides is 2. The van der Waals surface area contributed by atoms with Crippen LogP contribution in [0.3, 0.4) is 0 Å². The van der Waals surface area contributed by atoms with Crippen molar-refractivity contribution in [3.8, 4) is 0 Å². The third kappa shape index (κ3) is 5.16. The lowest BCUT2D eigenvalue weighted by atomic mass is 10.3. The number of rotatable bonds is 5. The topological polar surface area (TPSA) is 84.0 Å². The Morgan fingerprint density at radius 3 is 2.48 bits per heavy atom. The molecule has 0 unspecified atom stereocenters. The van der Waals surface area contributed by atoms with Crippen LogP contribution in [0.2, 0.25) is 0 Å². The maximum absolute atomic E-state index is 11.8. The molecule has 2 aromatic rings. The maximum Gasteiger partial charge on any atom is 0.236 e. The quantitative estimate of drug-likeness (QED) is 0.826. The zero-order valence-corrected chi connectivity index (χ0v) is 13.2. The minimum absolute atomic E-state index is 0.109. The minimum atomic E-state index is -0.123. The zero-order valence-electron chi connectivity index (χ0n) is 11.5. The molecule has 6 nitrogen and oxygen atoms in total. The molecule has 0 saturated carbocycles. The Labute approximate surface area is 130 Å². The summed E-state index contributed by atoms with van der Waals surface area (Å²) in [7, 11) is 0. The summed E-state index contributed by atoms with van der Waals surface area (Å²) >= 11 is 2.76. The highest BCUT2D eigenvalue weighted by Crippen LogP contribution is 2.21. The van der Waals surface area contributed by atoms with Crippen LogP contribution in [0.25, 0.3) is 0 Å². The fourth-order valence-electron chi connectivity index (χ4n) is 1.49. The van der Waals surface area contributed by atoms with E-state index in [1.54, 1.807) is 12.1 Å². The summed E-state index contributed by atoms with van der Waals surface area (Å²) in [6.07, 6.45) is 0. The summed E-state index contributed by atoms with van der Waals surface area (Å²) in [5.41, 5.74) is 0.737. The Morgan fingerprint density at radius 2 is 1.90 bits per heavy atom. The van der Waals surface area contributed by atoms with Crippen LogP contribution in [0.4, 0.5) is 10.8 Å². The Balaban J connectivity index is 1.82. The van der Waals surface area contributed by atoms with Crippen molar-refractivity contribution in [1.29, 1.82) is 0 Å². The monoisotopic (exact) mass is 322 g/mol. The number of hydrogen-bond acceptors (Lipinski definition) is 6. The molecule has 0 radical (unpaired) electrons. The summed E-state index contributed by atoms with van der Waals surface area (Å²) in [6, 6.07) is 7.32. The van der Waals surface area contributed by atoms with Gasteiger partial charge in [-0.1, -0.05) is 11.3 Å². The van der Waals surface area contributed by atoms with Crippen molar-refractivity contribution in [1.82, 2.24) is 10.2 Å². The summed E-state index contributed by atoms with van der Waals surface area (Å²) in [5.74, 6) is 0.0576. The Bertz CT molecular complexity index is 640. The summed E-state index contributed by atoms with van der Waals surface area (Å²) in [5, 5.41) is 14.4. The number of anilines is 2. The van der Waals surface area contributed by atoms with E-state index in [2.05, 4.69) is 20.8 Å². The molecule has 0 aliphatic heterocycles. The molecule has 21 heavy (non-hydrogen) atoms. The summed E-state index contributed by atoms with van der Waals surface area (Å²) < 4.78 is 0. The molecule has 0 bridgehead atoms. The largest absolute Gasteiger partial charge is 0.326 e. The van der Waals surface area contributed by atoms with Gasteiger partial charge in [0.2, 0.25) is 16.9 Å². The van der Waals surface area contributed by atoms with Crippen LogP contribution in [-0.2, 0) is 9.59 Å². The number of thioether (sulfide) groups is 1. The molecule has 110 valence electrons. The molecular weight excluding hydrogens is 308 g/mol. The second-order valence-corrected chi connectivity index (χ2v) is 6.40. The van der Waals surface area contributed by atoms with Gasteiger partial charge in [-0.3, -0.25) is 14.9 Å². The molecule has 1 aromatic carbocycles. The fraction of sp³-hybridized carbons (Fsp3) is 0.231. The molecule has 0 aliphatic carbocycles. The van der Waals surface area contributed by atoms with E-state index in [0.717, 1.165) is 15.6 Å². The number of nitrogens with zero attached hydrogens (tertiary/aromatic N) is 2. The van der Waals surface area contributed by atoms with Crippen LogP contribution >= 0.6 is 23.1 Å². The lowest BCUT2D eigenvalue weighted by Crippen LogP contribution is -2.13. The number of aromatic nitrogens is 2. The van der Waals surface area contributed by atoms with Crippen molar-refractivity contribution in [3.05, 3.63) is 29.3 Å². The van der Waals surface area contributed by atoms with Crippen molar-refractivity contribution in [2.45, 2.75) is 18.7 Å². The molecule has 2 N–H and O–H groups in total. The highest BCUT2D eigenvalue weighted by Gasteiger charge is 2.07. The van der Waals surface area contributed by atoms with E-state index in [-0.39, 0.29) is 17.6 Å². The van der Waals surface area contributed by atoms with Crippen LogP contribution in [0.5, 0.6) is 0 Å². The fourth-order valence-corrected chi connectivity index (χ4v) is 2.80. The maximum atomic E-state index is 11.8. The molecule has 8 heteroatoms. The Morgan fingerprint density at radius 1 is 1.19 bits per heavy atom. The van der Waals surface area contributed by atoms with Gasteiger partial charge in [-0.25, -0.2) is 0 Å². The van der Waals surface area contributed by atoms with Gasteiger partial charge in [0, 0.05) is 17.5 Å². The van der Waals surface area contributed by atoms with Gasteiger partial charge in [-0.2, -0.15) is 0 Å². The Hall–Kier alpha value is -1.93. The third-order valence-corrected chi connectivity index (χ3v) is 4.08. The first kappa shape index (κ1) is 15.5. The molecule has 0 atom stereocenters. The van der Waals surface area contributed by atoms with E-state index in [1.165, 1.54) is 30.0 Å². The number of benzene rings is 1. The first-order valence-corrected chi connectivity index (χ1v) is 7.93. The van der Waals surface area contributed by atoms with Crippen LogP contribution in [-0.4, -0.2) is 27.8 Å². The molecule has 0 aliphatic rings. The van der Waals surface area contributed by atoms with Gasteiger partial charge >= 0.3 is 0 Å². The zero-order chi connectivity index (χ0) is 15.2. The SMILES string of the molecule is CC(=O)Nc1ccc(SCC(=O)Nc2nnc(C)s2)cc1. The number of carbonyl (C=O) groups is 2. The third-order valence-electron chi connectivity index (χ3n) is 2.32. The molecule has 0 saturated heterocycles. The summed E-state index contributed by atoms with van der Waals surface area (Å²) in [4.78, 5) is 23.6. The smallest absolute Gasteiger partial charge is 0.236 e. The number of carbonyl (C=O) groups excluding carboxylic acids is 2. The van der Waals surface area contributed by atoms with Crippen molar-refractivity contribution in [3.63, 3.8) is 0 Å². The van der Waals surface area contributed by atoms with E-state index in [4.69, 9.17) is 0 Å². The standard InChI is InChI=1S/C13H14N4O2S2/c1-8(18)14-10-3-5-11(6-4-10)20-7-12(19)15-13-17-16-9(2)21-13/h3-6H,7H2,1-2H3,(H,14,18)(H,15,17,19). The summed E-state index contributed by atoms with van der Waals surface area (Å²) in [6.45, 7) is 3.29. The normalized spacial score (nSPS) is 10.2. The number of nitrogens with one attached hydrogen (secondary N) is 2. The second kappa shape index (κ2) is 7.19. The predicted molar refractivity (Wildman–Crippen MR) is 84.7 cm³/mol. The van der Waals surface area contributed by atoms with E-state index in [1.807, 2.05) is 19.1 Å². The molecule has 2 rings (SSSR count). The average molecular weight is 322 g/mol. The van der Waals surface area contributed by atoms with Gasteiger partial charge < -0.3 is 5.32 Å². The molecule has 0 spiro atoms. The van der Waals surface area contributed by atoms with Crippen LogP contribution < -0.4 is 10.6 Å². The van der Waals surface area contributed by atoms with E-state index < -0.39 is 0 Å². The van der Waals surface area contributed by atoms with Crippen LogP contribution in [0, 0.1) is 6.92 Å². The lowest BCUT2D eigenvalue weighted by Gasteiger charge is -2.04. The van der Waals surface area contributed by atoms with Gasteiger partial charge in [0.15, 0.2) is 0 Å². The molecule has 1 aromatic heterocycles. The van der Waals surface area contributed by atoms with Gasteiger partial charge in [-0.15, -0.1) is 22.0 Å². The Kier molecular flexibility index (Phi) is 5.29. The van der Waals surface area contributed by atoms with Crippen molar-refractivity contribution < 1.29 is 9.59 Å². The minimum Gasteiger partial charge on any atom is -0.326 e. The second-order valence-electron chi connectivity index (χ2n) is 4.17. The molecule has 1 heterocycles. The molecule has 2 amide bonds. The van der Waals surface area contributed by atoms with Gasteiger partial charge in [0.05, 0.1) is 5.75 Å². The van der Waals surface area contributed by atoms with E-state index in [0.29, 0.717) is 5.13 Å². The first-order chi connectivity index (χ1) is 10.0. The highest BCUT2D eigenvalue weighted by molar-refractivity contribution is 8.00. The van der Waals surface area contributed by atoms with Crippen molar-refractivity contribution in [2.75, 3.05) is 16.4 Å². The van der Waals surface area contributed by atoms with Gasteiger partial charge in [-0.05, 0) is 31.2 Å². The van der Waals surface area contributed by atoms with Crippen molar-refractivity contribution in [2.24, 2.45) is 0 Å². The number of hydrogen-bond donors (Lipinski definition) is 2. The van der Waals surface area contributed by atoms with E-state index in [9.17, 15) is 9.59 Å². The molecule has 0 fully saturated rings. The number of aryl methyl sites for hydroxylation is 1. The highest BCUT2D eigenvalue weighted by atomic mass is 32.2. The van der Waals surface area contributed by atoms with Gasteiger partial charge in [0.25, 0.3) is 0 Å². The van der Waals surface area contributed by atoms with Crippen LogP contribution in [0.1, 0.15) is 11.9 Å².